The van der Waals surface area contributed by atoms with Crippen LogP contribution in [0.25, 0.3) is 0 Å². The average Bonchev–Trinajstić information content (AvgIpc) is 2.34. The number of nitrogens with two attached hydrogens (primary N) is 1. The van der Waals surface area contributed by atoms with E-state index in [0.717, 1.165) is 11.6 Å². The van der Waals surface area contributed by atoms with Crippen LogP contribution in [0.3, 0.4) is 0 Å². The second-order valence-corrected chi connectivity index (χ2v) is 4.15. The van der Waals surface area contributed by atoms with Crippen LogP contribution in [0.1, 0.15) is 5.56 Å². The van der Waals surface area contributed by atoms with Gasteiger partial charge in [0.1, 0.15) is 23.9 Å². The monoisotopic (exact) mass is 269 g/mol. The molecule has 0 spiro atoms. The third-order valence-electron chi connectivity index (χ3n) is 2.36. The van der Waals surface area contributed by atoms with E-state index in [1.165, 1.54) is 0 Å². The molecule has 2 nitrogen and oxygen atoms in total. The number of halogens is 3. The maximum absolute atomic E-state index is 13.2. The third-order valence-corrected chi connectivity index (χ3v) is 2.62. The van der Waals surface area contributed by atoms with Crippen LogP contribution in [-0.4, -0.2) is 0 Å². The van der Waals surface area contributed by atoms with Gasteiger partial charge in [-0.15, -0.1) is 0 Å². The first-order valence-corrected chi connectivity index (χ1v) is 5.56. The van der Waals surface area contributed by atoms with Crippen LogP contribution in [0.5, 0.6) is 5.75 Å². The normalized spacial score (nSPS) is 10.4. The van der Waals surface area contributed by atoms with Crippen LogP contribution in [0.4, 0.5) is 14.5 Å². The molecular formula is C13H10ClF2NO. The lowest BCUT2D eigenvalue weighted by atomic mass is 10.2. The summed E-state index contributed by atoms with van der Waals surface area (Å²) in [6.45, 7) is 0.157. The number of hydrogen-bond acceptors (Lipinski definition) is 2. The zero-order chi connectivity index (χ0) is 13.1. The van der Waals surface area contributed by atoms with E-state index in [1.807, 2.05) is 0 Å². The number of hydrogen-bond donors (Lipinski definition) is 1. The minimum Gasteiger partial charge on any atom is -0.487 e. The average molecular weight is 270 g/mol. The predicted octanol–water partition coefficient (Wildman–Crippen LogP) is 3.78. The maximum Gasteiger partial charge on any atom is 0.152 e. The van der Waals surface area contributed by atoms with E-state index in [1.54, 1.807) is 24.3 Å². The standard InChI is InChI=1S/C13H10ClF2NO/c14-9-3-1-8(2-4-9)7-18-12-6-10(15)5-11(16)13(12)17/h1-6H,7,17H2. The molecule has 0 aliphatic carbocycles. The fourth-order valence-electron chi connectivity index (χ4n) is 1.42. The van der Waals surface area contributed by atoms with Gasteiger partial charge in [0.2, 0.25) is 0 Å². The van der Waals surface area contributed by atoms with E-state index < -0.39 is 11.6 Å². The van der Waals surface area contributed by atoms with Crippen molar-refractivity contribution in [3.8, 4) is 5.75 Å². The Morgan fingerprint density at radius 1 is 1.11 bits per heavy atom. The Hall–Kier alpha value is -1.81. The maximum atomic E-state index is 13.2. The van der Waals surface area contributed by atoms with Crippen LogP contribution in [-0.2, 0) is 6.61 Å². The largest absolute Gasteiger partial charge is 0.487 e. The van der Waals surface area contributed by atoms with E-state index in [2.05, 4.69) is 0 Å². The lowest BCUT2D eigenvalue weighted by Gasteiger charge is -2.09. The van der Waals surface area contributed by atoms with Gasteiger partial charge in [-0.25, -0.2) is 8.78 Å². The molecule has 2 aromatic rings. The lowest BCUT2D eigenvalue weighted by molar-refractivity contribution is 0.305. The summed E-state index contributed by atoms with van der Waals surface area (Å²) in [4.78, 5) is 0. The SMILES string of the molecule is Nc1c(F)cc(F)cc1OCc1ccc(Cl)cc1. The van der Waals surface area contributed by atoms with Gasteiger partial charge in [0, 0.05) is 17.2 Å². The van der Waals surface area contributed by atoms with Crippen molar-refractivity contribution >= 4 is 17.3 Å². The molecule has 18 heavy (non-hydrogen) atoms. The number of rotatable bonds is 3. The molecule has 0 radical (unpaired) electrons. The Bertz CT molecular complexity index is 558. The Morgan fingerprint density at radius 2 is 1.78 bits per heavy atom. The molecule has 0 saturated carbocycles. The van der Waals surface area contributed by atoms with Gasteiger partial charge in [0.15, 0.2) is 5.82 Å². The van der Waals surface area contributed by atoms with Gasteiger partial charge >= 0.3 is 0 Å². The van der Waals surface area contributed by atoms with Crippen molar-refractivity contribution in [3.63, 3.8) is 0 Å². The highest BCUT2D eigenvalue weighted by Gasteiger charge is 2.09. The van der Waals surface area contributed by atoms with Gasteiger partial charge in [-0.05, 0) is 17.7 Å². The minimum absolute atomic E-state index is 0.0116. The molecule has 2 aromatic carbocycles. The molecule has 2 N–H and O–H groups in total. The molecule has 0 aliphatic heterocycles. The fourth-order valence-corrected chi connectivity index (χ4v) is 1.55. The lowest BCUT2D eigenvalue weighted by Crippen LogP contribution is -2.01. The summed E-state index contributed by atoms with van der Waals surface area (Å²) in [5.74, 6) is -1.57. The van der Waals surface area contributed by atoms with Crippen LogP contribution >= 0.6 is 11.6 Å². The Labute approximate surface area is 108 Å². The molecule has 94 valence electrons. The van der Waals surface area contributed by atoms with Crippen LogP contribution < -0.4 is 10.5 Å². The summed E-state index contributed by atoms with van der Waals surface area (Å²) >= 11 is 5.74. The van der Waals surface area contributed by atoms with Gasteiger partial charge in [0.05, 0.1) is 0 Å². The molecule has 0 bridgehead atoms. The van der Waals surface area contributed by atoms with Crippen molar-refractivity contribution in [2.45, 2.75) is 6.61 Å². The van der Waals surface area contributed by atoms with Gasteiger partial charge in [-0.1, -0.05) is 23.7 Å². The van der Waals surface area contributed by atoms with E-state index in [4.69, 9.17) is 22.1 Å². The molecule has 0 unspecified atom stereocenters. The summed E-state index contributed by atoms with van der Waals surface area (Å²) in [6, 6.07) is 8.69. The van der Waals surface area contributed by atoms with Crippen molar-refractivity contribution in [1.29, 1.82) is 0 Å². The summed E-state index contributed by atoms with van der Waals surface area (Å²) in [7, 11) is 0. The smallest absolute Gasteiger partial charge is 0.152 e. The minimum atomic E-state index is -0.832. The van der Waals surface area contributed by atoms with E-state index in [0.29, 0.717) is 11.1 Å². The summed E-state index contributed by atoms with van der Waals surface area (Å²) in [5, 5.41) is 0.607. The van der Waals surface area contributed by atoms with Crippen molar-refractivity contribution in [1.82, 2.24) is 0 Å². The van der Waals surface area contributed by atoms with Crippen LogP contribution in [0.2, 0.25) is 5.02 Å². The van der Waals surface area contributed by atoms with Crippen molar-refractivity contribution in [2.75, 3.05) is 5.73 Å². The van der Waals surface area contributed by atoms with Gasteiger partial charge in [-0.3, -0.25) is 0 Å². The molecule has 0 aromatic heterocycles. The van der Waals surface area contributed by atoms with Crippen LogP contribution in [0, 0.1) is 11.6 Å². The third kappa shape index (κ3) is 2.90. The van der Waals surface area contributed by atoms with E-state index in [9.17, 15) is 8.78 Å². The first kappa shape index (κ1) is 12.6. The van der Waals surface area contributed by atoms with Gasteiger partial charge in [0.25, 0.3) is 0 Å². The molecular weight excluding hydrogens is 260 g/mol. The summed E-state index contributed by atoms with van der Waals surface area (Å²) in [6.07, 6.45) is 0. The van der Waals surface area contributed by atoms with Crippen molar-refractivity contribution in [2.24, 2.45) is 0 Å². The number of nitrogen functional groups attached to an aromatic ring is 1. The second kappa shape index (κ2) is 5.23. The first-order valence-electron chi connectivity index (χ1n) is 5.18. The molecule has 0 atom stereocenters. The van der Waals surface area contributed by atoms with Crippen LogP contribution in [0.15, 0.2) is 36.4 Å². The number of anilines is 1. The topological polar surface area (TPSA) is 35.2 Å². The molecule has 0 aliphatic rings. The zero-order valence-electron chi connectivity index (χ0n) is 9.29. The Morgan fingerprint density at radius 3 is 2.44 bits per heavy atom. The van der Waals surface area contributed by atoms with Crippen molar-refractivity contribution < 1.29 is 13.5 Å². The van der Waals surface area contributed by atoms with E-state index >= 15 is 0 Å². The molecule has 0 saturated heterocycles. The summed E-state index contributed by atoms with van der Waals surface area (Å²) in [5.41, 5.74) is 6.07. The highest BCUT2D eigenvalue weighted by Crippen LogP contribution is 2.26. The molecule has 0 heterocycles. The number of benzene rings is 2. The Balaban J connectivity index is 2.13. The quantitative estimate of drug-likeness (QED) is 0.861. The van der Waals surface area contributed by atoms with Gasteiger partial charge < -0.3 is 10.5 Å². The van der Waals surface area contributed by atoms with Crippen molar-refractivity contribution in [3.05, 3.63) is 58.6 Å². The predicted molar refractivity (Wildman–Crippen MR) is 66.6 cm³/mol. The zero-order valence-corrected chi connectivity index (χ0v) is 10.0. The first-order chi connectivity index (χ1) is 8.56. The molecule has 2 rings (SSSR count). The van der Waals surface area contributed by atoms with Gasteiger partial charge in [-0.2, -0.15) is 0 Å². The fraction of sp³-hybridized carbons (Fsp3) is 0.0769. The second-order valence-electron chi connectivity index (χ2n) is 3.71. The highest BCUT2D eigenvalue weighted by molar-refractivity contribution is 6.30. The summed E-state index contributed by atoms with van der Waals surface area (Å²) < 4.78 is 31.4. The number of ether oxygens (including phenoxy) is 1. The molecule has 0 amide bonds. The molecule has 0 fully saturated rings. The molecule has 5 heteroatoms. The Kier molecular flexibility index (Phi) is 3.67. The highest BCUT2D eigenvalue weighted by atomic mass is 35.5. The van der Waals surface area contributed by atoms with E-state index in [-0.39, 0.29) is 18.0 Å².